The summed E-state index contributed by atoms with van der Waals surface area (Å²) >= 11 is 12.1. The lowest BCUT2D eigenvalue weighted by atomic mass is 9.78. The summed E-state index contributed by atoms with van der Waals surface area (Å²) in [6.45, 7) is 1.87. The van der Waals surface area contributed by atoms with Gasteiger partial charge in [0, 0.05) is 22.0 Å². The lowest BCUT2D eigenvalue weighted by Crippen LogP contribution is -2.72. The van der Waals surface area contributed by atoms with Gasteiger partial charge in [0.1, 0.15) is 23.2 Å². The zero-order chi connectivity index (χ0) is 24.7. The molecule has 1 amide bonds. The monoisotopic (exact) mass is 509 g/mol. The molecule has 0 aromatic heterocycles. The van der Waals surface area contributed by atoms with Crippen LogP contribution in [-0.2, 0) is 4.79 Å². The lowest BCUT2D eigenvalue weighted by Gasteiger charge is -2.56. The second-order valence-electron chi connectivity index (χ2n) is 8.50. The molecule has 0 saturated carbocycles. The van der Waals surface area contributed by atoms with Crippen molar-refractivity contribution >= 4 is 46.2 Å². The number of nitrogens with zero attached hydrogens (tertiary/aromatic N) is 1. The fourth-order valence-electron chi connectivity index (χ4n) is 4.79. The van der Waals surface area contributed by atoms with Crippen molar-refractivity contribution in [3.05, 3.63) is 77.3 Å². The van der Waals surface area contributed by atoms with Gasteiger partial charge >= 0.3 is 0 Å². The van der Waals surface area contributed by atoms with Gasteiger partial charge in [0.25, 0.3) is 0 Å². The van der Waals surface area contributed by atoms with Crippen molar-refractivity contribution in [3.63, 3.8) is 0 Å². The number of carbonyl (C=O) groups is 1. The summed E-state index contributed by atoms with van der Waals surface area (Å²) in [5.74, 6) is 1.10. The van der Waals surface area contributed by atoms with Crippen LogP contribution in [0.4, 0.5) is 11.4 Å². The van der Waals surface area contributed by atoms with E-state index in [1.54, 1.807) is 50.6 Å². The highest BCUT2D eigenvalue weighted by atomic mass is 35.5. The molecule has 2 bridgehead atoms. The Labute approximate surface area is 213 Å². The van der Waals surface area contributed by atoms with Gasteiger partial charge in [0.05, 0.1) is 20.3 Å². The van der Waals surface area contributed by atoms with Crippen LogP contribution in [0.5, 0.6) is 17.2 Å². The smallest absolute Gasteiger partial charge is 0.236 e. The van der Waals surface area contributed by atoms with E-state index in [9.17, 15) is 4.79 Å². The predicted molar refractivity (Wildman–Crippen MR) is 140 cm³/mol. The highest BCUT2D eigenvalue weighted by Crippen LogP contribution is 2.50. The van der Waals surface area contributed by atoms with Crippen LogP contribution in [0.2, 0.25) is 5.02 Å². The summed E-state index contributed by atoms with van der Waals surface area (Å²) in [7, 11) is 3.20. The van der Waals surface area contributed by atoms with Crippen LogP contribution >= 0.6 is 23.8 Å². The molecule has 0 aliphatic carbocycles. The Bertz CT molecular complexity index is 1300. The number of ether oxygens (including phenoxy) is 3. The number of halogens is 1. The van der Waals surface area contributed by atoms with Crippen molar-refractivity contribution in [3.8, 4) is 17.2 Å². The maximum absolute atomic E-state index is 13.9. The first kappa shape index (κ1) is 23.3. The maximum Gasteiger partial charge on any atom is 0.236 e. The predicted octanol–water partition coefficient (Wildman–Crippen LogP) is 5.16. The third kappa shape index (κ3) is 4.02. The second-order valence-corrected chi connectivity index (χ2v) is 9.32. The molecule has 3 atom stereocenters. The van der Waals surface area contributed by atoms with Gasteiger partial charge < -0.3 is 24.8 Å². The molecule has 3 aromatic rings. The normalized spacial score (nSPS) is 22.4. The van der Waals surface area contributed by atoms with E-state index in [1.807, 2.05) is 42.2 Å². The summed E-state index contributed by atoms with van der Waals surface area (Å²) in [5, 5.41) is 7.40. The van der Waals surface area contributed by atoms with E-state index >= 15 is 0 Å². The van der Waals surface area contributed by atoms with Crippen molar-refractivity contribution in [1.82, 2.24) is 5.32 Å². The topological polar surface area (TPSA) is 72.1 Å². The van der Waals surface area contributed by atoms with Crippen molar-refractivity contribution in [2.45, 2.75) is 18.7 Å². The highest BCUT2D eigenvalue weighted by molar-refractivity contribution is 7.80. The van der Waals surface area contributed by atoms with E-state index in [4.69, 9.17) is 38.0 Å². The van der Waals surface area contributed by atoms with Crippen LogP contribution in [0.3, 0.4) is 0 Å². The Morgan fingerprint density at radius 3 is 2.49 bits per heavy atom. The molecule has 7 nitrogen and oxygen atoms in total. The van der Waals surface area contributed by atoms with E-state index in [-0.39, 0.29) is 5.91 Å². The van der Waals surface area contributed by atoms with Crippen LogP contribution in [0.1, 0.15) is 18.5 Å². The number of fused-ring (bicyclic) bond motifs is 4. The molecule has 0 spiro atoms. The average molecular weight is 510 g/mol. The quantitative estimate of drug-likeness (QED) is 0.460. The molecule has 0 unspecified atom stereocenters. The molecule has 180 valence electrons. The Kier molecular flexibility index (Phi) is 5.94. The van der Waals surface area contributed by atoms with Gasteiger partial charge in [-0.15, -0.1) is 0 Å². The summed E-state index contributed by atoms with van der Waals surface area (Å²) in [4.78, 5) is 15.7. The van der Waals surface area contributed by atoms with E-state index in [2.05, 4.69) is 10.6 Å². The summed E-state index contributed by atoms with van der Waals surface area (Å²) in [5.41, 5.74) is 1.02. The molecule has 1 saturated heterocycles. The first-order valence-electron chi connectivity index (χ1n) is 11.0. The van der Waals surface area contributed by atoms with Gasteiger partial charge in [-0.3, -0.25) is 9.69 Å². The van der Waals surface area contributed by atoms with E-state index in [0.717, 1.165) is 11.3 Å². The largest absolute Gasteiger partial charge is 0.497 e. The number of hydrogen-bond donors (Lipinski definition) is 2. The Morgan fingerprint density at radius 2 is 1.80 bits per heavy atom. The second kappa shape index (κ2) is 8.94. The van der Waals surface area contributed by atoms with Crippen LogP contribution in [-0.4, -0.2) is 31.0 Å². The van der Waals surface area contributed by atoms with Crippen LogP contribution in [0.15, 0.2) is 66.7 Å². The number of benzene rings is 3. The molecule has 2 N–H and O–H groups in total. The number of anilines is 2. The molecule has 0 radical (unpaired) electrons. The summed E-state index contributed by atoms with van der Waals surface area (Å²) in [6, 6.07) is 19.6. The Hall–Kier alpha value is -3.49. The third-order valence-corrected chi connectivity index (χ3v) is 6.95. The third-order valence-electron chi connectivity index (χ3n) is 6.41. The summed E-state index contributed by atoms with van der Waals surface area (Å²) < 4.78 is 17.3. The molecule has 2 heterocycles. The fraction of sp³-hybridized carbons (Fsp3) is 0.231. The number of methoxy groups -OCH3 is 2. The minimum atomic E-state index is -1.14. The first-order valence-corrected chi connectivity index (χ1v) is 11.8. The summed E-state index contributed by atoms with van der Waals surface area (Å²) in [6.07, 6.45) is 0. The van der Waals surface area contributed by atoms with Crippen molar-refractivity contribution < 1.29 is 19.0 Å². The zero-order valence-electron chi connectivity index (χ0n) is 19.4. The number of rotatable bonds is 5. The molecule has 3 aromatic carbocycles. The maximum atomic E-state index is 13.9. The van der Waals surface area contributed by atoms with Gasteiger partial charge in [0.2, 0.25) is 5.91 Å². The molecule has 9 heteroatoms. The fourth-order valence-corrected chi connectivity index (χ4v) is 5.39. The standard InChI is InChI=1S/C26H24ClN3O4S/c1-26-22(24(31)28-16-7-9-18(32-2)10-8-16)23(20-14-19(33-3)11-12-21(20)34-26)29-25(35)30(26)17-6-4-5-15(27)13-17/h4-14,22-23H,1-3H3,(H,28,31)(H,29,35)/t22-,23-,26-/m1/s1. The van der Waals surface area contributed by atoms with Gasteiger partial charge in [-0.05, 0) is 79.8 Å². The number of amides is 1. The van der Waals surface area contributed by atoms with Crippen LogP contribution in [0.25, 0.3) is 0 Å². The van der Waals surface area contributed by atoms with Gasteiger partial charge in [-0.1, -0.05) is 17.7 Å². The molecular weight excluding hydrogens is 486 g/mol. The van der Waals surface area contributed by atoms with E-state index in [0.29, 0.717) is 33.1 Å². The number of thiocarbonyl (C=S) groups is 1. The van der Waals surface area contributed by atoms with Gasteiger partial charge in [0.15, 0.2) is 10.8 Å². The molecular formula is C26H24ClN3O4S. The van der Waals surface area contributed by atoms with Gasteiger partial charge in [-0.2, -0.15) is 0 Å². The first-order chi connectivity index (χ1) is 16.8. The molecule has 1 fully saturated rings. The molecule has 35 heavy (non-hydrogen) atoms. The Balaban J connectivity index is 1.60. The highest BCUT2D eigenvalue weighted by Gasteiger charge is 2.59. The van der Waals surface area contributed by atoms with E-state index in [1.165, 1.54) is 0 Å². The minimum absolute atomic E-state index is 0.224. The number of carbonyl (C=O) groups excluding carboxylic acids is 1. The molecule has 2 aliphatic rings. The number of hydrogen-bond acceptors (Lipinski definition) is 5. The molecule has 2 aliphatic heterocycles. The van der Waals surface area contributed by atoms with Crippen LogP contribution < -0.4 is 29.7 Å². The molecule has 5 rings (SSSR count). The number of nitrogens with one attached hydrogen (secondary N) is 2. The van der Waals surface area contributed by atoms with Crippen molar-refractivity contribution in [2.24, 2.45) is 5.92 Å². The van der Waals surface area contributed by atoms with Gasteiger partial charge in [-0.25, -0.2) is 0 Å². The van der Waals surface area contributed by atoms with Crippen molar-refractivity contribution in [2.75, 3.05) is 24.4 Å². The van der Waals surface area contributed by atoms with Crippen LogP contribution in [0, 0.1) is 5.92 Å². The lowest BCUT2D eigenvalue weighted by molar-refractivity contribution is -0.130. The SMILES string of the molecule is COc1ccc(NC(=O)[C@H]2[C@@H]3NC(=S)N(c4cccc(Cl)c4)[C@]2(C)Oc2ccc(OC)cc23)cc1. The minimum Gasteiger partial charge on any atom is -0.497 e. The zero-order valence-corrected chi connectivity index (χ0v) is 20.9. The average Bonchev–Trinajstić information content (AvgIpc) is 2.83. The Morgan fingerprint density at radius 1 is 1.09 bits per heavy atom. The van der Waals surface area contributed by atoms with E-state index < -0.39 is 17.7 Å². The van der Waals surface area contributed by atoms with Crippen molar-refractivity contribution in [1.29, 1.82) is 0 Å².